The summed E-state index contributed by atoms with van der Waals surface area (Å²) in [6.45, 7) is 0.521. The van der Waals surface area contributed by atoms with E-state index >= 15 is 0 Å². The summed E-state index contributed by atoms with van der Waals surface area (Å²) >= 11 is 6.21. The number of ether oxygens (including phenoxy) is 1. The molecular weight excluding hydrogens is 444 g/mol. The molecule has 0 saturated heterocycles. The van der Waals surface area contributed by atoms with E-state index in [0.717, 1.165) is 5.56 Å². The van der Waals surface area contributed by atoms with Gasteiger partial charge in [-0.15, -0.1) is 15.3 Å². The number of benzene rings is 2. The number of hydrogen-bond acceptors (Lipinski definition) is 7. The summed E-state index contributed by atoms with van der Waals surface area (Å²) in [5, 5.41) is 19.5. The lowest BCUT2D eigenvalue weighted by Gasteiger charge is -2.08. The van der Waals surface area contributed by atoms with Gasteiger partial charge < -0.3 is 15.4 Å². The van der Waals surface area contributed by atoms with E-state index in [9.17, 15) is 9.59 Å². The molecule has 1 amide bonds. The Bertz CT molecular complexity index is 1290. The maximum absolute atomic E-state index is 12.4. The monoisotopic (exact) mass is 464 g/mol. The number of anilines is 2. The van der Waals surface area contributed by atoms with Crippen molar-refractivity contribution in [3.63, 3.8) is 0 Å². The van der Waals surface area contributed by atoms with Crippen LogP contribution in [0.15, 0.2) is 60.7 Å². The zero-order chi connectivity index (χ0) is 23.2. The molecule has 0 aliphatic heterocycles. The van der Waals surface area contributed by atoms with Gasteiger partial charge in [0, 0.05) is 30.1 Å². The molecule has 0 unspecified atom stereocenters. The number of esters is 1. The molecule has 4 aromatic rings. The van der Waals surface area contributed by atoms with Crippen molar-refractivity contribution < 1.29 is 14.3 Å². The fourth-order valence-corrected chi connectivity index (χ4v) is 3.37. The summed E-state index contributed by atoms with van der Waals surface area (Å²) in [6, 6.07) is 17.7. The van der Waals surface area contributed by atoms with Crippen LogP contribution >= 0.6 is 11.6 Å². The number of carbonyl (C=O) groups excluding carboxylic acids is 2. The topological polar surface area (TPSA) is 111 Å². The first-order valence-electron chi connectivity index (χ1n) is 10.2. The second-order valence-electron chi connectivity index (χ2n) is 7.17. The minimum atomic E-state index is -0.431. The smallest absolute Gasteiger partial charge is 0.337 e. The van der Waals surface area contributed by atoms with Gasteiger partial charge in [-0.25, -0.2) is 4.79 Å². The lowest BCUT2D eigenvalue weighted by molar-refractivity contribution is -0.116. The second kappa shape index (κ2) is 10.1. The fraction of sp³-hybridized carbons (Fsp3) is 0.174. The first-order valence-corrected chi connectivity index (χ1v) is 10.6. The Morgan fingerprint density at radius 2 is 1.82 bits per heavy atom. The minimum absolute atomic E-state index is 0.189. The molecule has 2 N–H and O–H groups in total. The highest BCUT2D eigenvalue weighted by Gasteiger charge is 2.12. The maximum Gasteiger partial charge on any atom is 0.337 e. The Kier molecular flexibility index (Phi) is 6.80. The van der Waals surface area contributed by atoms with Gasteiger partial charge in [-0.3, -0.25) is 4.79 Å². The SMILES string of the molecule is COC(=O)c1ccc(NC(=O)CCc2nnc3ccc(NCc4ccccc4Cl)nn23)cc1. The number of nitrogens with one attached hydrogen (secondary N) is 2. The molecule has 2 heterocycles. The summed E-state index contributed by atoms with van der Waals surface area (Å²) in [7, 11) is 1.32. The van der Waals surface area contributed by atoms with Crippen LogP contribution in [0.3, 0.4) is 0 Å². The maximum atomic E-state index is 12.4. The number of halogens is 1. The van der Waals surface area contributed by atoms with Crippen molar-refractivity contribution in [2.24, 2.45) is 0 Å². The van der Waals surface area contributed by atoms with Crippen molar-refractivity contribution in [1.29, 1.82) is 0 Å². The van der Waals surface area contributed by atoms with Gasteiger partial charge in [0.15, 0.2) is 11.5 Å². The summed E-state index contributed by atoms with van der Waals surface area (Å²) in [6.07, 6.45) is 0.548. The quantitative estimate of drug-likeness (QED) is 0.382. The highest BCUT2D eigenvalue weighted by atomic mass is 35.5. The number of aromatic nitrogens is 4. The van der Waals surface area contributed by atoms with E-state index < -0.39 is 5.97 Å². The van der Waals surface area contributed by atoms with Crippen molar-refractivity contribution in [3.05, 3.63) is 82.6 Å². The molecule has 2 aromatic carbocycles. The standard InChI is InChI=1S/C23H21ClN6O3/c1-33-23(32)15-6-8-17(9-7-15)26-22(31)13-12-21-28-27-20-11-10-19(29-30(20)21)25-14-16-4-2-3-5-18(16)24/h2-11H,12-14H2,1H3,(H,25,29)(H,26,31). The largest absolute Gasteiger partial charge is 0.465 e. The highest BCUT2D eigenvalue weighted by molar-refractivity contribution is 6.31. The molecule has 0 aliphatic rings. The molecule has 0 radical (unpaired) electrons. The zero-order valence-corrected chi connectivity index (χ0v) is 18.5. The third-order valence-electron chi connectivity index (χ3n) is 4.91. The molecule has 0 bridgehead atoms. The molecule has 9 nitrogen and oxygen atoms in total. The number of fused-ring (bicyclic) bond motifs is 1. The van der Waals surface area contributed by atoms with Crippen LogP contribution in [0, 0.1) is 0 Å². The predicted octanol–water partition coefficient (Wildman–Crippen LogP) is 3.75. The van der Waals surface area contributed by atoms with Crippen LogP contribution in [-0.4, -0.2) is 38.8 Å². The highest BCUT2D eigenvalue weighted by Crippen LogP contribution is 2.17. The van der Waals surface area contributed by atoms with E-state index in [1.165, 1.54) is 7.11 Å². The Hall–Kier alpha value is -3.98. The lowest BCUT2D eigenvalue weighted by atomic mass is 10.2. The van der Waals surface area contributed by atoms with Crippen LogP contribution in [0.1, 0.15) is 28.2 Å². The molecule has 0 atom stereocenters. The Morgan fingerprint density at radius 3 is 2.58 bits per heavy atom. The van der Waals surface area contributed by atoms with E-state index in [-0.39, 0.29) is 12.3 Å². The van der Waals surface area contributed by atoms with Crippen molar-refractivity contribution in [3.8, 4) is 0 Å². The van der Waals surface area contributed by atoms with Crippen LogP contribution in [-0.2, 0) is 22.5 Å². The van der Waals surface area contributed by atoms with Crippen LogP contribution in [0.2, 0.25) is 5.02 Å². The van der Waals surface area contributed by atoms with Crippen LogP contribution < -0.4 is 10.6 Å². The molecule has 4 rings (SSSR count). The molecule has 0 fully saturated rings. The van der Waals surface area contributed by atoms with Crippen LogP contribution in [0.25, 0.3) is 5.65 Å². The van der Waals surface area contributed by atoms with Crippen LogP contribution in [0.4, 0.5) is 11.5 Å². The van der Waals surface area contributed by atoms with Gasteiger partial charge in [-0.1, -0.05) is 29.8 Å². The molecule has 0 saturated carbocycles. The number of amides is 1. The number of rotatable bonds is 8. The van der Waals surface area contributed by atoms with E-state index in [4.69, 9.17) is 11.6 Å². The van der Waals surface area contributed by atoms with E-state index in [2.05, 4.69) is 30.7 Å². The van der Waals surface area contributed by atoms with Gasteiger partial charge in [0.2, 0.25) is 5.91 Å². The number of nitrogens with zero attached hydrogens (tertiary/aromatic N) is 4. The average Bonchev–Trinajstić information content (AvgIpc) is 3.24. The van der Waals surface area contributed by atoms with E-state index in [0.29, 0.717) is 46.5 Å². The lowest BCUT2D eigenvalue weighted by Crippen LogP contribution is -2.14. The van der Waals surface area contributed by atoms with Gasteiger partial charge in [-0.05, 0) is 48.0 Å². The van der Waals surface area contributed by atoms with Gasteiger partial charge in [-0.2, -0.15) is 4.52 Å². The third kappa shape index (κ3) is 5.45. The summed E-state index contributed by atoms with van der Waals surface area (Å²) in [5.74, 6) is 0.589. The molecule has 168 valence electrons. The predicted molar refractivity (Wildman–Crippen MR) is 124 cm³/mol. The van der Waals surface area contributed by atoms with E-state index in [1.54, 1.807) is 34.8 Å². The Morgan fingerprint density at radius 1 is 1.03 bits per heavy atom. The van der Waals surface area contributed by atoms with Crippen molar-refractivity contribution in [1.82, 2.24) is 19.8 Å². The minimum Gasteiger partial charge on any atom is -0.465 e. The van der Waals surface area contributed by atoms with E-state index in [1.807, 2.05) is 30.3 Å². The molecule has 0 aliphatic carbocycles. The van der Waals surface area contributed by atoms with Crippen molar-refractivity contribution in [2.75, 3.05) is 17.7 Å². The number of hydrogen-bond donors (Lipinski definition) is 2. The van der Waals surface area contributed by atoms with Crippen molar-refractivity contribution in [2.45, 2.75) is 19.4 Å². The molecule has 33 heavy (non-hydrogen) atoms. The number of aryl methyl sites for hydroxylation is 1. The average molecular weight is 465 g/mol. The molecular formula is C23H21ClN6O3. The Labute approximate surface area is 194 Å². The van der Waals surface area contributed by atoms with Gasteiger partial charge in [0.1, 0.15) is 5.82 Å². The number of methoxy groups -OCH3 is 1. The summed E-state index contributed by atoms with van der Waals surface area (Å²) in [5.41, 5.74) is 2.55. The van der Waals surface area contributed by atoms with Gasteiger partial charge >= 0.3 is 5.97 Å². The summed E-state index contributed by atoms with van der Waals surface area (Å²) < 4.78 is 6.28. The first kappa shape index (κ1) is 22.2. The normalized spacial score (nSPS) is 10.7. The number of carbonyl (C=O) groups is 2. The van der Waals surface area contributed by atoms with Crippen molar-refractivity contribution >= 4 is 40.6 Å². The summed E-state index contributed by atoms with van der Waals surface area (Å²) in [4.78, 5) is 23.9. The fourth-order valence-electron chi connectivity index (χ4n) is 3.17. The van der Waals surface area contributed by atoms with Gasteiger partial charge in [0.05, 0.1) is 12.7 Å². The molecule has 0 spiro atoms. The zero-order valence-electron chi connectivity index (χ0n) is 17.8. The third-order valence-corrected chi connectivity index (χ3v) is 5.28. The Balaban J connectivity index is 1.37. The van der Waals surface area contributed by atoms with Gasteiger partial charge in [0.25, 0.3) is 0 Å². The second-order valence-corrected chi connectivity index (χ2v) is 7.57. The molecule has 2 aromatic heterocycles. The molecule has 10 heteroatoms. The first-order chi connectivity index (χ1) is 16.0. The van der Waals surface area contributed by atoms with Crippen LogP contribution in [0.5, 0.6) is 0 Å².